The molecule has 0 bridgehead atoms. The van der Waals surface area contributed by atoms with Gasteiger partial charge in [0, 0.05) is 11.8 Å². The minimum absolute atomic E-state index is 0.0315. The Balaban J connectivity index is 2.11. The quantitative estimate of drug-likeness (QED) is 0.358. The lowest BCUT2D eigenvalue weighted by Crippen LogP contribution is -2.40. The van der Waals surface area contributed by atoms with Gasteiger partial charge in [0.2, 0.25) is 4.96 Å². The third kappa shape index (κ3) is 5.29. The summed E-state index contributed by atoms with van der Waals surface area (Å²) in [6, 6.07) is 0. The minimum Gasteiger partial charge on any atom is -0.267 e. The first kappa shape index (κ1) is 25.0. The summed E-state index contributed by atoms with van der Waals surface area (Å²) in [7, 11) is -3.95. The van der Waals surface area contributed by atoms with Crippen molar-refractivity contribution in [3.05, 3.63) is 33.4 Å². The molecule has 0 aliphatic heterocycles. The van der Waals surface area contributed by atoms with Crippen LogP contribution in [0.1, 0.15) is 10.7 Å². The Bertz CT molecular complexity index is 1360. The van der Waals surface area contributed by atoms with Crippen LogP contribution in [0.5, 0.6) is 0 Å². The van der Waals surface area contributed by atoms with Crippen molar-refractivity contribution < 1.29 is 47.7 Å². The van der Waals surface area contributed by atoms with Gasteiger partial charge in [-0.3, -0.25) is 13.7 Å². The zero-order valence-electron chi connectivity index (χ0n) is 15.8. The highest BCUT2D eigenvalue weighted by Crippen LogP contribution is 2.38. The molecular formula is C14H9F8N5O4S2. The fourth-order valence-electron chi connectivity index (χ4n) is 2.44. The number of hydrogen-bond donors (Lipinski definition) is 0. The van der Waals surface area contributed by atoms with Crippen LogP contribution < -0.4 is 5.56 Å². The highest BCUT2D eigenvalue weighted by atomic mass is 32.2. The van der Waals surface area contributed by atoms with Gasteiger partial charge in [-0.25, -0.2) is 4.98 Å². The number of halogens is 8. The summed E-state index contributed by atoms with van der Waals surface area (Å²) >= 11 is 0.408. The molecule has 0 aliphatic carbocycles. The summed E-state index contributed by atoms with van der Waals surface area (Å²) in [5.74, 6) is -5.25. The summed E-state index contributed by atoms with van der Waals surface area (Å²) in [6.07, 6.45) is -9.59. The first-order valence-corrected chi connectivity index (χ1v) is 10.8. The standard InChI is InChI=1S/C14H9F8N5O4S2/c1-33(29,30)31-4-7-25-27-10(28)8(9(13(17,18)19)24-11(27)32-7)6-2-23-26(3-6)5-12(15,16)14(20,21)22/h2-3H,4-5H2,1H3. The topological polar surface area (TPSA) is 108 Å². The third-order valence-corrected chi connectivity index (χ3v) is 5.24. The second kappa shape index (κ2) is 7.97. The molecule has 0 aromatic carbocycles. The lowest BCUT2D eigenvalue weighted by Gasteiger charge is -2.19. The maximum atomic E-state index is 13.6. The minimum atomic E-state index is -5.94. The normalized spacial score (nSPS) is 13.7. The van der Waals surface area contributed by atoms with Gasteiger partial charge in [-0.05, 0) is 0 Å². The Morgan fingerprint density at radius 1 is 1.12 bits per heavy atom. The predicted octanol–water partition coefficient (Wildman–Crippen LogP) is 2.71. The van der Waals surface area contributed by atoms with Crippen LogP contribution in [0.4, 0.5) is 35.1 Å². The summed E-state index contributed by atoms with van der Waals surface area (Å²) in [5.41, 5.74) is -5.17. The van der Waals surface area contributed by atoms with E-state index >= 15 is 0 Å². The fraction of sp³-hybridized carbons (Fsp3) is 0.429. The molecule has 3 aromatic heterocycles. The summed E-state index contributed by atoms with van der Waals surface area (Å²) < 4.78 is 131. The van der Waals surface area contributed by atoms with Crippen molar-refractivity contribution in [2.45, 2.75) is 31.4 Å². The molecule has 0 atom stereocenters. The predicted molar refractivity (Wildman–Crippen MR) is 94.0 cm³/mol. The molecular weight excluding hydrogens is 518 g/mol. The van der Waals surface area contributed by atoms with Gasteiger partial charge < -0.3 is 0 Å². The van der Waals surface area contributed by atoms with Gasteiger partial charge in [0.1, 0.15) is 18.2 Å². The van der Waals surface area contributed by atoms with Gasteiger partial charge in [-0.15, -0.1) is 0 Å². The number of alkyl halides is 8. The molecule has 33 heavy (non-hydrogen) atoms. The Hall–Kier alpha value is -2.67. The Labute approximate surface area is 181 Å². The van der Waals surface area contributed by atoms with E-state index in [4.69, 9.17) is 0 Å². The number of hydrogen-bond acceptors (Lipinski definition) is 8. The van der Waals surface area contributed by atoms with E-state index < -0.39 is 68.9 Å². The largest absolute Gasteiger partial charge is 0.455 e. The average molecular weight is 527 g/mol. The van der Waals surface area contributed by atoms with E-state index in [0.717, 1.165) is 0 Å². The first-order chi connectivity index (χ1) is 14.9. The van der Waals surface area contributed by atoms with Crippen molar-refractivity contribution >= 4 is 26.4 Å². The molecule has 182 valence electrons. The van der Waals surface area contributed by atoms with Crippen molar-refractivity contribution in [2.24, 2.45) is 0 Å². The van der Waals surface area contributed by atoms with E-state index in [1.165, 1.54) is 0 Å². The summed E-state index contributed by atoms with van der Waals surface area (Å²) in [4.78, 5) is 15.4. The molecule has 0 saturated heterocycles. The smallest absolute Gasteiger partial charge is 0.267 e. The molecule has 0 saturated carbocycles. The van der Waals surface area contributed by atoms with Crippen molar-refractivity contribution in [1.29, 1.82) is 0 Å². The zero-order valence-corrected chi connectivity index (χ0v) is 17.4. The Morgan fingerprint density at radius 2 is 1.76 bits per heavy atom. The van der Waals surface area contributed by atoms with E-state index in [0.29, 0.717) is 34.5 Å². The summed E-state index contributed by atoms with van der Waals surface area (Å²) in [5, 5.41) is 6.58. The van der Waals surface area contributed by atoms with Gasteiger partial charge in [0.15, 0.2) is 5.69 Å². The molecule has 0 unspecified atom stereocenters. The van der Waals surface area contributed by atoms with Crippen LogP contribution in [0.15, 0.2) is 17.2 Å². The van der Waals surface area contributed by atoms with Crippen LogP contribution in [0.3, 0.4) is 0 Å². The van der Waals surface area contributed by atoms with Crippen LogP contribution in [-0.2, 0) is 33.6 Å². The molecule has 9 nitrogen and oxygen atoms in total. The second-order valence-electron chi connectivity index (χ2n) is 6.42. The zero-order chi connectivity index (χ0) is 25.0. The van der Waals surface area contributed by atoms with Gasteiger partial charge in [0.05, 0.1) is 18.0 Å². The van der Waals surface area contributed by atoms with E-state index in [1.807, 2.05) is 0 Å². The maximum absolute atomic E-state index is 13.6. The monoisotopic (exact) mass is 527 g/mol. The molecule has 19 heteroatoms. The number of aromatic nitrogens is 5. The van der Waals surface area contributed by atoms with E-state index in [9.17, 15) is 48.3 Å². The molecule has 3 rings (SSSR count). The summed E-state index contributed by atoms with van der Waals surface area (Å²) in [6.45, 7) is -2.76. The molecule has 0 spiro atoms. The van der Waals surface area contributed by atoms with Crippen LogP contribution >= 0.6 is 11.3 Å². The molecule has 3 aromatic rings. The number of nitrogens with zero attached hydrogens (tertiary/aromatic N) is 5. The molecule has 0 amide bonds. The highest BCUT2D eigenvalue weighted by molar-refractivity contribution is 7.85. The number of fused-ring (bicyclic) bond motifs is 1. The molecule has 0 N–H and O–H groups in total. The van der Waals surface area contributed by atoms with Crippen LogP contribution in [0.2, 0.25) is 0 Å². The Morgan fingerprint density at radius 3 is 2.30 bits per heavy atom. The van der Waals surface area contributed by atoms with Crippen LogP contribution in [0.25, 0.3) is 16.1 Å². The van der Waals surface area contributed by atoms with Gasteiger partial charge >= 0.3 is 18.3 Å². The van der Waals surface area contributed by atoms with Crippen molar-refractivity contribution in [3.63, 3.8) is 0 Å². The van der Waals surface area contributed by atoms with E-state index in [1.54, 1.807) is 0 Å². The van der Waals surface area contributed by atoms with Crippen molar-refractivity contribution in [2.75, 3.05) is 6.26 Å². The number of rotatable bonds is 6. The molecule has 3 heterocycles. The van der Waals surface area contributed by atoms with Gasteiger partial charge in [-0.1, -0.05) is 11.3 Å². The van der Waals surface area contributed by atoms with Crippen LogP contribution in [-0.4, -0.2) is 51.2 Å². The maximum Gasteiger partial charge on any atom is 0.455 e. The first-order valence-electron chi connectivity index (χ1n) is 8.21. The lowest BCUT2D eigenvalue weighted by atomic mass is 10.1. The van der Waals surface area contributed by atoms with Crippen molar-refractivity contribution in [1.82, 2.24) is 24.4 Å². The van der Waals surface area contributed by atoms with Gasteiger partial charge in [-0.2, -0.15) is 58.3 Å². The molecule has 0 radical (unpaired) electrons. The van der Waals surface area contributed by atoms with E-state index in [-0.39, 0.29) is 9.69 Å². The lowest BCUT2D eigenvalue weighted by molar-refractivity contribution is -0.287. The van der Waals surface area contributed by atoms with Crippen molar-refractivity contribution in [3.8, 4) is 11.1 Å². The highest BCUT2D eigenvalue weighted by Gasteiger charge is 2.57. The van der Waals surface area contributed by atoms with E-state index in [2.05, 4.69) is 19.4 Å². The molecule has 0 aliphatic rings. The third-order valence-electron chi connectivity index (χ3n) is 3.81. The van der Waals surface area contributed by atoms with Crippen LogP contribution in [0, 0.1) is 0 Å². The second-order valence-corrected chi connectivity index (χ2v) is 9.11. The molecule has 0 fully saturated rings. The Kier molecular flexibility index (Phi) is 6.03. The SMILES string of the molecule is CS(=O)(=O)OCc1nn2c(=O)c(-c3cnn(CC(F)(F)C(F)(F)F)c3)c(C(F)(F)F)nc2s1. The van der Waals surface area contributed by atoms with Gasteiger partial charge in [0.25, 0.3) is 15.7 Å². The average Bonchev–Trinajstić information content (AvgIpc) is 3.24. The fourth-order valence-corrected chi connectivity index (χ4v) is 3.64.